The Hall–Kier alpha value is -3.15. The van der Waals surface area contributed by atoms with Crippen LogP contribution in [0.25, 0.3) is 0 Å². The molecule has 1 heterocycles. The summed E-state index contributed by atoms with van der Waals surface area (Å²) < 4.78 is 0. The summed E-state index contributed by atoms with van der Waals surface area (Å²) in [5, 5.41) is 2.77. The van der Waals surface area contributed by atoms with Crippen LogP contribution in [0.2, 0.25) is 0 Å². The van der Waals surface area contributed by atoms with Crippen molar-refractivity contribution in [3.05, 3.63) is 71.3 Å². The normalized spacial score (nSPS) is 14.0. The van der Waals surface area contributed by atoms with Crippen molar-refractivity contribution in [1.82, 2.24) is 15.1 Å². The molecule has 1 fully saturated rings. The van der Waals surface area contributed by atoms with Gasteiger partial charge in [0, 0.05) is 43.9 Å². The highest BCUT2D eigenvalue weighted by atomic mass is 16.2. The van der Waals surface area contributed by atoms with E-state index in [9.17, 15) is 14.4 Å². The first-order valence-electron chi connectivity index (χ1n) is 9.12. The first kappa shape index (κ1) is 18.6. The summed E-state index contributed by atoms with van der Waals surface area (Å²) >= 11 is 0. The minimum Gasteiger partial charge on any atom is -0.338 e. The molecule has 3 rings (SSSR count). The van der Waals surface area contributed by atoms with Crippen LogP contribution in [0.15, 0.2) is 54.6 Å². The average Bonchev–Trinajstić information content (AvgIpc) is 2.73. The summed E-state index contributed by atoms with van der Waals surface area (Å²) in [6.07, 6.45) is 0. The molecule has 0 aliphatic carbocycles. The van der Waals surface area contributed by atoms with E-state index in [1.807, 2.05) is 13.0 Å². The second kappa shape index (κ2) is 8.49. The van der Waals surface area contributed by atoms with Crippen LogP contribution in [-0.4, -0.2) is 60.2 Å². The Labute approximate surface area is 158 Å². The average molecular weight is 365 g/mol. The number of hydrogen-bond acceptors (Lipinski definition) is 3. The van der Waals surface area contributed by atoms with Gasteiger partial charge in [-0.25, -0.2) is 4.79 Å². The molecule has 1 saturated heterocycles. The van der Waals surface area contributed by atoms with Gasteiger partial charge < -0.3 is 15.1 Å². The summed E-state index contributed by atoms with van der Waals surface area (Å²) in [5.41, 5.74) is 1.36. The smallest absolute Gasteiger partial charge is 0.317 e. The van der Waals surface area contributed by atoms with Crippen molar-refractivity contribution in [2.24, 2.45) is 0 Å². The predicted molar refractivity (Wildman–Crippen MR) is 103 cm³/mol. The van der Waals surface area contributed by atoms with Crippen molar-refractivity contribution in [3.63, 3.8) is 0 Å². The van der Waals surface area contributed by atoms with Gasteiger partial charge in [0.25, 0.3) is 5.91 Å². The number of nitrogens with one attached hydrogen (secondary N) is 1. The van der Waals surface area contributed by atoms with Crippen molar-refractivity contribution in [2.75, 3.05) is 32.7 Å². The van der Waals surface area contributed by atoms with E-state index in [1.165, 1.54) is 0 Å². The number of carbonyl (C=O) groups is 3. The van der Waals surface area contributed by atoms with Crippen molar-refractivity contribution in [2.45, 2.75) is 6.92 Å². The molecule has 0 unspecified atom stereocenters. The van der Waals surface area contributed by atoms with Crippen LogP contribution >= 0.6 is 0 Å². The molecule has 140 valence electrons. The maximum Gasteiger partial charge on any atom is 0.317 e. The Morgan fingerprint density at radius 1 is 0.815 bits per heavy atom. The molecule has 0 bridgehead atoms. The molecule has 0 radical (unpaired) electrons. The molecule has 2 aromatic rings. The molecule has 27 heavy (non-hydrogen) atoms. The monoisotopic (exact) mass is 365 g/mol. The van der Waals surface area contributed by atoms with Gasteiger partial charge in [0.05, 0.1) is 5.56 Å². The van der Waals surface area contributed by atoms with Crippen molar-refractivity contribution < 1.29 is 14.4 Å². The first-order chi connectivity index (χ1) is 13.1. The van der Waals surface area contributed by atoms with Crippen molar-refractivity contribution >= 4 is 17.7 Å². The fraction of sp³-hybridized carbons (Fsp3) is 0.286. The van der Waals surface area contributed by atoms with Crippen molar-refractivity contribution in [1.29, 1.82) is 0 Å². The summed E-state index contributed by atoms with van der Waals surface area (Å²) in [5.74, 6) is -0.342. The highest BCUT2D eigenvalue weighted by molar-refractivity contribution is 6.15. The minimum atomic E-state index is -0.176. The quantitative estimate of drug-likeness (QED) is 0.846. The highest BCUT2D eigenvalue weighted by Crippen LogP contribution is 2.18. The van der Waals surface area contributed by atoms with E-state index in [0.29, 0.717) is 49.4 Å². The highest BCUT2D eigenvalue weighted by Gasteiger charge is 2.27. The maximum absolute atomic E-state index is 13.0. The number of urea groups is 1. The molecular formula is C21H23N3O3. The van der Waals surface area contributed by atoms with E-state index in [0.717, 1.165) is 0 Å². The van der Waals surface area contributed by atoms with E-state index >= 15 is 0 Å². The number of hydrogen-bond donors (Lipinski definition) is 1. The summed E-state index contributed by atoms with van der Waals surface area (Å²) in [7, 11) is 0. The Kier molecular flexibility index (Phi) is 5.86. The fourth-order valence-electron chi connectivity index (χ4n) is 3.16. The molecule has 0 saturated carbocycles. The number of benzene rings is 2. The van der Waals surface area contributed by atoms with Gasteiger partial charge in [0.15, 0.2) is 5.78 Å². The summed E-state index contributed by atoms with van der Waals surface area (Å²) in [6, 6.07) is 15.7. The third-order valence-electron chi connectivity index (χ3n) is 4.62. The second-order valence-corrected chi connectivity index (χ2v) is 6.36. The van der Waals surface area contributed by atoms with Crippen LogP contribution in [0, 0.1) is 0 Å². The van der Waals surface area contributed by atoms with Gasteiger partial charge in [-0.15, -0.1) is 0 Å². The lowest BCUT2D eigenvalue weighted by atomic mass is 9.97. The Balaban J connectivity index is 1.75. The van der Waals surface area contributed by atoms with Crippen LogP contribution in [0.5, 0.6) is 0 Å². The van der Waals surface area contributed by atoms with Gasteiger partial charge >= 0.3 is 6.03 Å². The Morgan fingerprint density at radius 2 is 1.37 bits per heavy atom. The van der Waals surface area contributed by atoms with Crippen molar-refractivity contribution in [3.8, 4) is 0 Å². The van der Waals surface area contributed by atoms with Gasteiger partial charge in [0.2, 0.25) is 0 Å². The van der Waals surface area contributed by atoms with Gasteiger partial charge in [-0.2, -0.15) is 0 Å². The zero-order chi connectivity index (χ0) is 19.2. The van der Waals surface area contributed by atoms with Gasteiger partial charge in [0.1, 0.15) is 0 Å². The summed E-state index contributed by atoms with van der Waals surface area (Å²) in [4.78, 5) is 41.2. The maximum atomic E-state index is 13.0. The van der Waals surface area contributed by atoms with Crippen LogP contribution in [-0.2, 0) is 0 Å². The van der Waals surface area contributed by atoms with Gasteiger partial charge in [-0.3, -0.25) is 9.59 Å². The minimum absolute atomic E-state index is 0.107. The Bertz CT molecular complexity index is 828. The molecular weight excluding hydrogens is 342 g/mol. The first-order valence-corrected chi connectivity index (χ1v) is 9.12. The molecule has 0 atom stereocenters. The molecule has 3 amide bonds. The topological polar surface area (TPSA) is 69.7 Å². The molecule has 0 aromatic heterocycles. The molecule has 1 N–H and O–H groups in total. The lowest BCUT2D eigenvalue weighted by molar-refractivity contribution is 0.0662. The molecule has 2 aromatic carbocycles. The molecule has 0 spiro atoms. The van der Waals surface area contributed by atoms with E-state index < -0.39 is 0 Å². The van der Waals surface area contributed by atoms with Gasteiger partial charge in [-0.1, -0.05) is 48.5 Å². The molecule has 1 aliphatic rings. The lowest BCUT2D eigenvalue weighted by Gasteiger charge is -2.35. The Morgan fingerprint density at radius 3 is 2.00 bits per heavy atom. The third-order valence-corrected chi connectivity index (χ3v) is 4.62. The number of ketones is 1. The zero-order valence-electron chi connectivity index (χ0n) is 15.4. The van der Waals surface area contributed by atoms with E-state index in [4.69, 9.17) is 0 Å². The molecule has 6 heteroatoms. The number of rotatable bonds is 4. The predicted octanol–water partition coefficient (Wildman–Crippen LogP) is 2.40. The largest absolute Gasteiger partial charge is 0.338 e. The molecule has 6 nitrogen and oxygen atoms in total. The van der Waals surface area contributed by atoms with E-state index in [-0.39, 0.29) is 17.7 Å². The van der Waals surface area contributed by atoms with Gasteiger partial charge in [-0.05, 0) is 13.0 Å². The third kappa shape index (κ3) is 4.16. The van der Waals surface area contributed by atoms with Crippen LogP contribution in [0.3, 0.4) is 0 Å². The van der Waals surface area contributed by atoms with Crippen LogP contribution in [0.1, 0.15) is 33.2 Å². The van der Waals surface area contributed by atoms with E-state index in [1.54, 1.807) is 58.3 Å². The van der Waals surface area contributed by atoms with Crippen LogP contribution in [0.4, 0.5) is 4.79 Å². The lowest BCUT2D eigenvalue weighted by Crippen LogP contribution is -2.53. The molecule has 1 aliphatic heterocycles. The number of carbonyl (C=O) groups excluding carboxylic acids is 3. The second-order valence-electron chi connectivity index (χ2n) is 6.36. The SMILES string of the molecule is CCNC(=O)N1CCN(C(=O)c2ccccc2C(=O)c2ccccc2)CC1. The van der Waals surface area contributed by atoms with E-state index in [2.05, 4.69) is 5.32 Å². The summed E-state index contributed by atoms with van der Waals surface area (Å²) in [6.45, 7) is 4.30. The van der Waals surface area contributed by atoms with Crippen LogP contribution < -0.4 is 5.32 Å². The zero-order valence-corrected chi connectivity index (χ0v) is 15.4. The number of piperazine rings is 1. The number of amides is 3. The standard InChI is InChI=1S/C21H23N3O3/c1-2-22-21(27)24-14-12-23(13-15-24)20(26)18-11-7-6-10-17(18)19(25)16-8-4-3-5-9-16/h3-11H,2,12-15H2,1H3,(H,22,27). The number of nitrogens with zero attached hydrogens (tertiary/aromatic N) is 2. The fourth-order valence-corrected chi connectivity index (χ4v) is 3.16.